The largest absolute Gasteiger partial charge is 0.462 e. The van der Waals surface area contributed by atoms with E-state index >= 15 is 0 Å². The van der Waals surface area contributed by atoms with Gasteiger partial charge in [-0.3, -0.25) is 9.59 Å². The second-order valence-corrected chi connectivity index (χ2v) is 8.85. The smallest absolute Gasteiger partial charge is 0.306 e. The van der Waals surface area contributed by atoms with Crippen molar-refractivity contribution in [3.05, 3.63) is 0 Å². The number of hydrogen-bond acceptors (Lipinski definition) is 4. The number of hydrogen-bond donors (Lipinski definition) is 0. The molecule has 1 aliphatic carbocycles. The van der Waals surface area contributed by atoms with Crippen molar-refractivity contribution in [2.24, 2.45) is 10.8 Å². The van der Waals surface area contributed by atoms with Crippen LogP contribution in [-0.4, -0.2) is 24.1 Å². The lowest BCUT2D eigenvalue weighted by Crippen LogP contribution is -2.31. The molecular weight excluding hydrogens is 280 g/mol. The van der Waals surface area contributed by atoms with Crippen LogP contribution in [0.4, 0.5) is 0 Å². The first-order valence-electron chi connectivity index (χ1n) is 8.34. The van der Waals surface area contributed by atoms with Gasteiger partial charge in [0.15, 0.2) is 0 Å². The first-order chi connectivity index (χ1) is 9.94. The van der Waals surface area contributed by atoms with Crippen molar-refractivity contribution in [2.75, 3.05) is 0 Å². The number of esters is 2. The van der Waals surface area contributed by atoms with Gasteiger partial charge in [0.05, 0.1) is 12.8 Å². The zero-order valence-electron chi connectivity index (χ0n) is 15.0. The molecule has 128 valence electrons. The number of ether oxygens (including phenoxy) is 2. The second kappa shape index (κ2) is 7.47. The molecule has 1 fully saturated rings. The molecule has 0 spiro atoms. The molecule has 0 aliphatic heterocycles. The molecule has 0 amide bonds. The normalized spacial score (nSPS) is 23.0. The summed E-state index contributed by atoms with van der Waals surface area (Å²) in [5.74, 6) is -0.249. The maximum atomic E-state index is 11.8. The van der Waals surface area contributed by atoms with Crippen LogP contribution in [0.25, 0.3) is 0 Å². The fourth-order valence-corrected chi connectivity index (χ4v) is 2.59. The summed E-state index contributed by atoms with van der Waals surface area (Å²) in [6.45, 7) is 12.2. The van der Waals surface area contributed by atoms with E-state index in [2.05, 4.69) is 0 Å². The number of carbonyl (C=O) groups is 2. The van der Waals surface area contributed by atoms with Gasteiger partial charge in [-0.25, -0.2) is 0 Å². The molecule has 4 nitrogen and oxygen atoms in total. The van der Waals surface area contributed by atoms with E-state index in [1.165, 1.54) is 0 Å². The Morgan fingerprint density at radius 1 is 0.727 bits per heavy atom. The van der Waals surface area contributed by atoms with Gasteiger partial charge in [0.25, 0.3) is 0 Å². The van der Waals surface area contributed by atoms with Gasteiger partial charge in [-0.15, -0.1) is 0 Å². The summed E-state index contributed by atoms with van der Waals surface area (Å²) in [6, 6.07) is 0. The van der Waals surface area contributed by atoms with Crippen LogP contribution in [0.5, 0.6) is 0 Å². The molecule has 0 aromatic rings. The maximum Gasteiger partial charge on any atom is 0.306 e. The van der Waals surface area contributed by atoms with Crippen LogP contribution in [0, 0.1) is 10.8 Å². The highest BCUT2D eigenvalue weighted by Crippen LogP contribution is 2.27. The molecule has 0 unspecified atom stereocenters. The van der Waals surface area contributed by atoms with Gasteiger partial charge in [0.1, 0.15) is 12.2 Å². The number of carbonyl (C=O) groups excluding carboxylic acids is 2. The van der Waals surface area contributed by atoms with E-state index in [1.807, 2.05) is 41.5 Å². The first kappa shape index (κ1) is 19.0. The fourth-order valence-electron chi connectivity index (χ4n) is 2.59. The predicted molar refractivity (Wildman–Crippen MR) is 86.4 cm³/mol. The minimum atomic E-state index is -0.124. The van der Waals surface area contributed by atoms with Crippen molar-refractivity contribution in [3.8, 4) is 0 Å². The van der Waals surface area contributed by atoms with Gasteiger partial charge in [-0.1, -0.05) is 41.5 Å². The molecule has 4 heteroatoms. The molecule has 1 rings (SSSR count). The maximum absolute atomic E-state index is 11.8. The zero-order chi connectivity index (χ0) is 17.0. The number of rotatable bonds is 4. The van der Waals surface area contributed by atoms with Crippen LogP contribution >= 0.6 is 0 Å². The van der Waals surface area contributed by atoms with Gasteiger partial charge in [-0.05, 0) is 36.5 Å². The Hall–Kier alpha value is -1.06. The van der Waals surface area contributed by atoms with Crippen LogP contribution in [-0.2, 0) is 19.1 Å². The standard InChI is InChI=1S/C18H32O4/c1-17(2,3)11-15(19)21-13-7-9-14(10-8-13)22-16(20)12-18(4,5)6/h13-14H,7-12H2,1-6H3. The van der Waals surface area contributed by atoms with Gasteiger partial charge in [-0.2, -0.15) is 0 Å². The van der Waals surface area contributed by atoms with Gasteiger partial charge < -0.3 is 9.47 Å². The van der Waals surface area contributed by atoms with Crippen molar-refractivity contribution < 1.29 is 19.1 Å². The summed E-state index contributed by atoms with van der Waals surface area (Å²) in [6.07, 6.45) is 3.96. The molecule has 0 aromatic carbocycles. The van der Waals surface area contributed by atoms with E-state index in [9.17, 15) is 9.59 Å². The zero-order valence-corrected chi connectivity index (χ0v) is 15.0. The molecule has 0 N–H and O–H groups in total. The van der Waals surface area contributed by atoms with E-state index < -0.39 is 0 Å². The summed E-state index contributed by atoms with van der Waals surface area (Å²) >= 11 is 0. The van der Waals surface area contributed by atoms with Crippen LogP contribution in [0.2, 0.25) is 0 Å². The Labute approximate surface area is 134 Å². The van der Waals surface area contributed by atoms with Gasteiger partial charge >= 0.3 is 11.9 Å². The molecule has 0 heterocycles. The molecule has 0 atom stereocenters. The van der Waals surface area contributed by atoms with Crippen molar-refractivity contribution in [2.45, 2.75) is 92.3 Å². The van der Waals surface area contributed by atoms with Crippen LogP contribution in [0.3, 0.4) is 0 Å². The fraction of sp³-hybridized carbons (Fsp3) is 0.889. The molecule has 1 saturated carbocycles. The molecule has 1 aliphatic rings. The first-order valence-corrected chi connectivity index (χ1v) is 8.34. The highest BCUT2D eigenvalue weighted by molar-refractivity contribution is 5.70. The lowest BCUT2D eigenvalue weighted by Gasteiger charge is -2.29. The van der Waals surface area contributed by atoms with Crippen molar-refractivity contribution in [1.82, 2.24) is 0 Å². The van der Waals surface area contributed by atoms with E-state index in [1.54, 1.807) is 0 Å². The third-order valence-electron chi connectivity index (χ3n) is 3.57. The highest BCUT2D eigenvalue weighted by atomic mass is 16.6. The molecule has 0 saturated heterocycles. The summed E-state index contributed by atoms with van der Waals surface area (Å²) in [5, 5.41) is 0. The van der Waals surface area contributed by atoms with E-state index in [0.717, 1.165) is 25.7 Å². The molecule has 0 radical (unpaired) electrons. The SMILES string of the molecule is CC(C)(C)CC(=O)OC1CCC(OC(=O)CC(C)(C)C)CC1. The second-order valence-electron chi connectivity index (χ2n) is 8.85. The summed E-state index contributed by atoms with van der Waals surface area (Å²) in [7, 11) is 0. The molecule has 22 heavy (non-hydrogen) atoms. The van der Waals surface area contributed by atoms with Crippen LogP contribution in [0.15, 0.2) is 0 Å². The van der Waals surface area contributed by atoms with Crippen LogP contribution in [0.1, 0.15) is 80.1 Å². The highest BCUT2D eigenvalue weighted by Gasteiger charge is 2.28. The van der Waals surface area contributed by atoms with Crippen molar-refractivity contribution in [3.63, 3.8) is 0 Å². The Bertz CT molecular complexity index is 341. The lowest BCUT2D eigenvalue weighted by molar-refractivity contribution is -0.160. The third-order valence-corrected chi connectivity index (χ3v) is 3.57. The minimum absolute atomic E-state index is 0.0209. The lowest BCUT2D eigenvalue weighted by atomic mass is 9.91. The third kappa shape index (κ3) is 8.40. The topological polar surface area (TPSA) is 52.6 Å². The summed E-state index contributed by atoms with van der Waals surface area (Å²) < 4.78 is 11.0. The van der Waals surface area contributed by atoms with E-state index in [4.69, 9.17) is 9.47 Å². The van der Waals surface area contributed by atoms with Gasteiger partial charge in [0, 0.05) is 0 Å². The monoisotopic (exact) mass is 312 g/mol. The summed E-state index contributed by atoms with van der Waals surface area (Å²) in [5.41, 5.74) is -0.0897. The van der Waals surface area contributed by atoms with Crippen molar-refractivity contribution >= 4 is 11.9 Å². The van der Waals surface area contributed by atoms with Crippen LogP contribution < -0.4 is 0 Å². The Kier molecular flexibility index (Phi) is 6.45. The molecular formula is C18H32O4. The molecule has 0 bridgehead atoms. The predicted octanol–water partition coefficient (Wildman–Crippen LogP) is 4.26. The van der Waals surface area contributed by atoms with Crippen molar-refractivity contribution in [1.29, 1.82) is 0 Å². The average molecular weight is 312 g/mol. The van der Waals surface area contributed by atoms with E-state index in [0.29, 0.717) is 12.8 Å². The van der Waals surface area contributed by atoms with Gasteiger partial charge in [0.2, 0.25) is 0 Å². The quantitative estimate of drug-likeness (QED) is 0.728. The minimum Gasteiger partial charge on any atom is -0.462 e. The summed E-state index contributed by atoms with van der Waals surface area (Å²) in [4.78, 5) is 23.7. The molecule has 0 aromatic heterocycles. The Morgan fingerprint density at radius 3 is 1.23 bits per heavy atom. The average Bonchev–Trinajstić information content (AvgIpc) is 2.26. The Balaban J connectivity index is 2.29. The Morgan fingerprint density at radius 2 is 1.00 bits per heavy atom. The van der Waals surface area contributed by atoms with E-state index in [-0.39, 0.29) is 35.0 Å².